The number of benzene rings is 1. The number of aromatic nitrogens is 1. The number of rotatable bonds is 5. The van der Waals surface area contributed by atoms with Crippen molar-refractivity contribution in [2.75, 3.05) is 25.5 Å². The summed E-state index contributed by atoms with van der Waals surface area (Å²) in [5, 5.41) is 5.04. The second-order valence-electron chi connectivity index (χ2n) is 6.40. The predicted octanol–water partition coefficient (Wildman–Crippen LogP) is 2.52. The number of carbonyl (C=O) groups is 2. The highest BCUT2D eigenvalue weighted by Crippen LogP contribution is 2.31. The average Bonchev–Trinajstić information content (AvgIpc) is 3.23. The Hall–Kier alpha value is -2.80. The molecule has 3 rings (SSSR count). The smallest absolute Gasteiger partial charge is 0.325 e. The van der Waals surface area contributed by atoms with Crippen molar-refractivity contribution in [3.05, 3.63) is 48.3 Å². The Balaban J connectivity index is 1.52. The van der Waals surface area contributed by atoms with Gasteiger partial charge in [-0.05, 0) is 55.8 Å². The Kier molecular flexibility index (Phi) is 5.58. The van der Waals surface area contributed by atoms with Gasteiger partial charge >= 0.3 is 6.03 Å². The molecule has 0 bridgehead atoms. The summed E-state index contributed by atoms with van der Waals surface area (Å²) in [6, 6.07) is 10.7. The summed E-state index contributed by atoms with van der Waals surface area (Å²) in [5.74, 6) is 0.393. The summed E-state index contributed by atoms with van der Waals surface area (Å²) in [5.41, 5.74) is 1.79. The molecule has 138 valence electrons. The predicted molar refractivity (Wildman–Crippen MR) is 99.1 cm³/mol. The number of methoxy groups -OCH3 is 1. The molecule has 1 atom stereocenters. The van der Waals surface area contributed by atoms with Crippen molar-refractivity contribution >= 4 is 17.6 Å². The SMILES string of the molecule is COc1ccc(NC(=O)NC(=O)CN2CCC[C@H]2c2cccn2C)cc1. The summed E-state index contributed by atoms with van der Waals surface area (Å²) in [4.78, 5) is 26.4. The van der Waals surface area contributed by atoms with Gasteiger partial charge in [0.05, 0.1) is 19.7 Å². The van der Waals surface area contributed by atoms with Crippen molar-refractivity contribution in [3.8, 4) is 5.75 Å². The minimum absolute atomic E-state index is 0.200. The van der Waals surface area contributed by atoms with E-state index in [0.29, 0.717) is 11.4 Å². The largest absolute Gasteiger partial charge is 0.497 e. The lowest BCUT2D eigenvalue weighted by atomic mass is 10.1. The van der Waals surface area contributed by atoms with Crippen molar-refractivity contribution < 1.29 is 14.3 Å². The summed E-state index contributed by atoms with van der Waals surface area (Å²) < 4.78 is 7.15. The molecule has 2 aromatic rings. The average molecular weight is 356 g/mol. The zero-order valence-corrected chi connectivity index (χ0v) is 15.1. The minimum Gasteiger partial charge on any atom is -0.497 e. The van der Waals surface area contributed by atoms with Crippen LogP contribution in [0, 0.1) is 0 Å². The fourth-order valence-electron chi connectivity index (χ4n) is 3.36. The summed E-state index contributed by atoms with van der Waals surface area (Å²) >= 11 is 0. The fourth-order valence-corrected chi connectivity index (χ4v) is 3.36. The molecule has 0 unspecified atom stereocenters. The third-order valence-corrected chi connectivity index (χ3v) is 4.64. The van der Waals surface area contributed by atoms with Gasteiger partial charge < -0.3 is 14.6 Å². The van der Waals surface area contributed by atoms with Crippen LogP contribution in [-0.4, -0.2) is 41.6 Å². The van der Waals surface area contributed by atoms with Crippen LogP contribution < -0.4 is 15.4 Å². The number of urea groups is 1. The molecule has 0 saturated carbocycles. The molecule has 1 aromatic heterocycles. The molecule has 2 N–H and O–H groups in total. The van der Waals surface area contributed by atoms with Crippen molar-refractivity contribution in [2.24, 2.45) is 7.05 Å². The van der Waals surface area contributed by atoms with Gasteiger partial charge in [-0.25, -0.2) is 4.79 Å². The molecule has 1 aliphatic rings. The molecule has 0 spiro atoms. The zero-order valence-electron chi connectivity index (χ0n) is 15.1. The van der Waals surface area contributed by atoms with Gasteiger partial charge in [-0.15, -0.1) is 0 Å². The topological polar surface area (TPSA) is 75.6 Å². The van der Waals surface area contributed by atoms with E-state index in [2.05, 4.69) is 26.2 Å². The number of hydrogen-bond donors (Lipinski definition) is 2. The number of carbonyl (C=O) groups excluding carboxylic acids is 2. The lowest BCUT2D eigenvalue weighted by molar-refractivity contribution is -0.121. The quantitative estimate of drug-likeness (QED) is 0.863. The van der Waals surface area contributed by atoms with Crippen LogP contribution in [0.2, 0.25) is 0 Å². The maximum atomic E-state index is 12.3. The second kappa shape index (κ2) is 8.05. The molecule has 7 heteroatoms. The number of hydrogen-bond acceptors (Lipinski definition) is 4. The first-order valence-corrected chi connectivity index (χ1v) is 8.67. The first-order chi connectivity index (χ1) is 12.6. The first-order valence-electron chi connectivity index (χ1n) is 8.67. The van der Waals surface area contributed by atoms with Crippen LogP contribution in [0.5, 0.6) is 5.75 Å². The van der Waals surface area contributed by atoms with E-state index in [1.807, 2.05) is 19.3 Å². The molecule has 7 nitrogen and oxygen atoms in total. The number of ether oxygens (including phenoxy) is 1. The highest BCUT2D eigenvalue weighted by molar-refractivity contribution is 6.01. The molecular weight excluding hydrogens is 332 g/mol. The molecule has 3 amide bonds. The van der Waals surface area contributed by atoms with Gasteiger partial charge in [-0.3, -0.25) is 15.0 Å². The first kappa shape index (κ1) is 18.0. The van der Waals surface area contributed by atoms with E-state index in [-0.39, 0.29) is 18.5 Å². The summed E-state index contributed by atoms with van der Waals surface area (Å²) in [7, 11) is 3.59. The molecule has 1 aliphatic heterocycles. The standard InChI is InChI=1S/C19H24N4O3/c1-22-11-3-5-16(22)17-6-4-12-23(17)13-18(24)21-19(25)20-14-7-9-15(26-2)10-8-14/h3,5,7-11,17H,4,6,12-13H2,1-2H3,(H2,20,21,24,25)/t17-/m0/s1. The van der Waals surface area contributed by atoms with Crippen molar-refractivity contribution in [1.82, 2.24) is 14.8 Å². The summed E-state index contributed by atoms with van der Waals surface area (Å²) in [6.07, 6.45) is 4.07. The number of nitrogens with one attached hydrogen (secondary N) is 2. The van der Waals surface area contributed by atoms with Crippen molar-refractivity contribution in [2.45, 2.75) is 18.9 Å². The van der Waals surface area contributed by atoms with Crippen LogP contribution in [0.3, 0.4) is 0 Å². The fraction of sp³-hybridized carbons (Fsp3) is 0.368. The van der Waals surface area contributed by atoms with E-state index in [0.717, 1.165) is 19.4 Å². The number of nitrogens with zero attached hydrogens (tertiary/aromatic N) is 2. The molecule has 1 fully saturated rings. The normalized spacial score (nSPS) is 17.1. The van der Waals surface area contributed by atoms with Gasteiger partial charge in [0, 0.05) is 24.6 Å². The Morgan fingerprint density at radius 2 is 2.00 bits per heavy atom. The molecule has 0 aliphatic carbocycles. The Labute approximate surface area is 152 Å². The molecule has 26 heavy (non-hydrogen) atoms. The third-order valence-electron chi connectivity index (χ3n) is 4.64. The molecule has 1 aromatic carbocycles. The molecular formula is C19H24N4O3. The lowest BCUT2D eigenvalue weighted by Crippen LogP contribution is -2.41. The maximum absolute atomic E-state index is 12.3. The van der Waals surface area contributed by atoms with Crippen LogP contribution in [0.4, 0.5) is 10.5 Å². The van der Waals surface area contributed by atoms with Crippen molar-refractivity contribution in [1.29, 1.82) is 0 Å². The van der Waals surface area contributed by atoms with Gasteiger partial charge in [0.15, 0.2) is 0 Å². The van der Waals surface area contributed by atoms with Gasteiger partial charge in [0.1, 0.15) is 5.75 Å². The number of likely N-dealkylation sites (tertiary alicyclic amines) is 1. The zero-order chi connectivity index (χ0) is 18.5. The Bertz CT molecular complexity index is 769. The Morgan fingerprint density at radius 3 is 2.65 bits per heavy atom. The second-order valence-corrected chi connectivity index (χ2v) is 6.40. The van der Waals surface area contributed by atoms with Gasteiger partial charge in [-0.2, -0.15) is 0 Å². The lowest BCUT2D eigenvalue weighted by Gasteiger charge is -2.24. The Morgan fingerprint density at radius 1 is 1.23 bits per heavy atom. The van der Waals surface area contributed by atoms with E-state index in [4.69, 9.17) is 4.74 Å². The van der Waals surface area contributed by atoms with E-state index in [9.17, 15) is 9.59 Å². The van der Waals surface area contributed by atoms with E-state index in [1.54, 1.807) is 31.4 Å². The van der Waals surface area contributed by atoms with Crippen LogP contribution >= 0.6 is 0 Å². The van der Waals surface area contributed by atoms with Gasteiger partial charge in [-0.1, -0.05) is 0 Å². The monoisotopic (exact) mass is 356 g/mol. The number of anilines is 1. The summed E-state index contributed by atoms with van der Waals surface area (Å²) in [6.45, 7) is 1.05. The van der Waals surface area contributed by atoms with Gasteiger partial charge in [0.2, 0.25) is 5.91 Å². The maximum Gasteiger partial charge on any atom is 0.325 e. The van der Waals surface area contributed by atoms with E-state index >= 15 is 0 Å². The molecule has 1 saturated heterocycles. The van der Waals surface area contributed by atoms with E-state index in [1.165, 1.54) is 5.69 Å². The third kappa shape index (κ3) is 4.23. The van der Waals surface area contributed by atoms with Crippen molar-refractivity contribution in [3.63, 3.8) is 0 Å². The number of imide groups is 1. The highest BCUT2D eigenvalue weighted by Gasteiger charge is 2.29. The number of aryl methyl sites for hydroxylation is 1. The van der Waals surface area contributed by atoms with Crippen LogP contribution in [0.15, 0.2) is 42.6 Å². The molecule has 2 heterocycles. The highest BCUT2D eigenvalue weighted by atomic mass is 16.5. The van der Waals surface area contributed by atoms with E-state index < -0.39 is 6.03 Å². The number of amides is 3. The molecule has 0 radical (unpaired) electrons. The van der Waals surface area contributed by atoms with Gasteiger partial charge in [0.25, 0.3) is 0 Å². The van der Waals surface area contributed by atoms with Crippen LogP contribution in [-0.2, 0) is 11.8 Å². The minimum atomic E-state index is -0.533. The van der Waals surface area contributed by atoms with Crippen LogP contribution in [0.25, 0.3) is 0 Å². The van der Waals surface area contributed by atoms with Crippen LogP contribution in [0.1, 0.15) is 24.6 Å².